The number of hydrogen-bond acceptors (Lipinski definition) is 0. The first kappa shape index (κ1) is 44.2. The van der Waals surface area contributed by atoms with E-state index < -0.39 is 5.41 Å². The maximum absolute atomic E-state index is 2.80. The minimum Gasteiger partial charge on any atom is -0.310 e. The van der Waals surface area contributed by atoms with E-state index in [1.165, 1.54) is 138 Å². The highest BCUT2D eigenvalue weighted by Crippen LogP contribution is 2.63. The molecule has 70 heavy (non-hydrogen) atoms. The van der Waals surface area contributed by atoms with Gasteiger partial charge in [-0.15, -0.1) is 0 Å². The summed E-state index contributed by atoms with van der Waals surface area (Å²) >= 11 is 0. The van der Waals surface area contributed by atoms with Gasteiger partial charge in [0.2, 0.25) is 0 Å². The molecule has 0 amide bonds. The van der Waals surface area contributed by atoms with Crippen LogP contribution >= 0.6 is 0 Å². The molecule has 3 heteroatoms. The number of aromatic nitrogens is 2. The molecule has 0 atom stereocenters. The molecule has 5 heterocycles. The van der Waals surface area contributed by atoms with Gasteiger partial charge in [0.05, 0.1) is 16.4 Å². The van der Waals surface area contributed by atoms with E-state index in [2.05, 4.69) is 237 Å². The summed E-state index contributed by atoms with van der Waals surface area (Å²) in [7, 11) is 0. The zero-order valence-electron chi connectivity index (χ0n) is 45.3. The second kappa shape index (κ2) is 13.0. The van der Waals surface area contributed by atoms with Gasteiger partial charge in [0, 0.05) is 44.0 Å². The lowest BCUT2D eigenvalue weighted by Gasteiger charge is -2.44. The quantitative estimate of drug-likeness (QED) is 0.134. The Hall–Kier alpha value is -5.80. The molecule has 7 aromatic carbocycles. The molecule has 0 bridgehead atoms. The van der Waals surface area contributed by atoms with E-state index in [-0.39, 0.29) is 39.2 Å². The molecule has 2 nitrogen and oxygen atoms in total. The normalized spacial score (nSPS) is 15.7. The van der Waals surface area contributed by atoms with Crippen LogP contribution in [0.15, 0.2) is 103 Å². The van der Waals surface area contributed by atoms with Crippen molar-refractivity contribution in [2.24, 2.45) is 0 Å². The van der Waals surface area contributed by atoms with Gasteiger partial charge in [-0.3, -0.25) is 0 Å². The number of rotatable bonds is 0. The van der Waals surface area contributed by atoms with Crippen molar-refractivity contribution in [3.63, 3.8) is 0 Å². The Morgan fingerprint density at radius 1 is 0.386 bits per heavy atom. The van der Waals surface area contributed by atoms with Crippen molar-refractivity contribution in [3.8, 4) is 22.5 Å². The first-order valence-electron chi connectivity index (χ1n) is 26.3. The molecule has 0 radical (unpaired) electrons. The van der Waals surface area contributed by atoms with Crippen LogP contribution < -0.4 is 16.4 Å². The van der Waals surface area contributed by atoms with Gasteiger partial charge in [0.15, 0.2) is 0 Å². The van der Waals surface area contributed by atoms with E-state index in [1.807, 2.05) is 0 Å². The van der Waals surface area contributed by atoms with E-state index in [1.54, 1.807) is 0 Å². The van der Waals surface area contributed by atoms with E-state index in [4.69, 9.17) is 0 Å². The number of fused-ring (bicyclic) bond motifs is 14. The van der Waals surface area contributed by atoms with Crippen LogP contribution in [0.2, 0.25) is 0 Å². The molecule has 0 unspecified atom stereocenters. The molecule has 0 N–H and O–H groups in total. The standard InChI is InChI=1S/C67H71BN2/c1-61(2,3)36-22-24-44-40(30-36)41-31-37(62(4,5)6)23-25-45(41)67(44)48-27-29-53-56-59(48)70-57-42(32-38(34-49(57)67)63(7,8)9)43-33-39(64(10,11)12)35-51(58(43)70)68(56)50-28-26-47(66(16,17)18)55-54-46(65(13,14)15)20-19-21-52(54)69(53)60(50)55/h19-35H,1-18H3. The number of benzene rings is 7. The van der Waals surface area contributed by atoms with Crippen molar-refractivity contribution in [1.29, 1.82) is 0 Å². The fraction of sp³-hybridized carbons (Fsp3) is 0.373. The van der Waals surface area contributed by atoms with Gasteiger partial charge in [0.1, 0.15) is 0 Å². The van der Waals surface area contributed by atoms with Crippen LogP contribution in [0.3, 0.4) is 0 Å². The molecule has 1 aliphatic carbocycles. The molecule has 9 aromatic rings. The van der Waals surface area contributed by atoms with Gasteiger partial charge in [-0.2, -0.15) is 0 Å². The van der Waals surface area contributed by atoms with E-state index >= 15 is 0 Å². The van der Waals surface area contributed by atoms with Crippen molar-refractivity contribution < 1.29 is 0 Å². The van der Waals surface area contributed by atoms with Gasteiger partial charge >= 0.3 is 0 Å². The number of hydrogen-bond donors (Lipinski definition) is 0. The van der Waals surface area contributed by atoms with E-state index in [9.17, 15) is 0 Å². The van der Waals surface area contributed by atoms with Crippen molar-refractivity contribution in [1.82, 2.24) is 9.13 Å². The summed E-state index contributed by atoms with van der Waals surface area (Å²) in [5, 5.41) is 5.61. The molecule has 352 valence electrons. The van der Waals surface area contributed by atoms with Crippen LogP contribution in [0.5, 0.6) is 0 Å². The van der Waals surface area contributed by atoms with Crippen LogP contribution in [0.4, 0.5) is 0 Å². The molecule has 0 saturated heterocycles. The second-order valence-electron chi connectivity index (χ2n) is 28.3. The molecule has 2 aromatic heterocycles. The van der Waals surface area contributed by atoms with Crippen molar-refractivity contribution in [2.75, 3.05) is 0 Å². The molecule has 1 spiro atoms. The Balaban J connectivity index is 1.30. The predicted molar refractivity (Wildman–Crippen MR) is 303 cm³/mol. The SMILES string of the molecule is CC(C)(C)c1ccc2c(c1)-c1cc(C(C)(C)C)ccc1C21c2ccc3c4c2-n2c5c(cc(C(C)(C)C)cc5c5cc(C(C)(C)C)cc1c52)B4c1ccc(C(C)(C)C)c2c4c(C(C)(C)C)cccc4n-3c12. The summed E-state index contributed by atoms with van der Waals surface area (Å²) in [5.74, 6) is 0. The predicted octanol–water partition coefficient (Wildman–Crippen LogP) is 15.5. The fourth-order valence-electron chi connectivity index (χ4n) is 13.9. The average molecular weight is 915 g/mol. The first-order chi connectivity index (χ1) is 32.5. The van der Waals surface area contributed by atoms with Crippen LogP contribution in [0.1, 0.15) is 180 Å². The third-order valence-electron chi connectivity index (χ3n) is 17.5. The average Bonchev–Trinajstić information content (AvgIpc) is 3.89. The summed E-state index contributed by atoms with van der Waals surface area (Å²) in [6.45, 7) is 43.1. The molecule has 0 saturated carbocycles. The van der Waals surface area contributed by atoms with Crippen molar-refractivity contribution in [2.45, 2.75) is 163 Å². The van der Waals surface area contributed by atoms with Gasteiger partial charge in [-0.1, -0.05) is 203 Å². The Morgan fingerprint density at radius 3 is 1.47 bits per heavy atom. The highest BCUT2D eigenvalue weighted by Gasteiger charge is 2.55. The Morgan fingerprint density at radius 2 is 0.914 bits per heavy atom. The third-order valence-corrected chi connectivity index (χ3v) is 17.5. The molecule has 0 fully saturated rings. The maximum Gasteiger partial charge on any atom is 0.252 e. The van der Waals surface area contributed by atoms with Crippen molar-refractivity contribution in [3.05, 3.63) is 159 Å². The van der Waals surface area contributed by atoms with Gasteiger partial charge < -0.3 is 9.13 Å². The first-order valence-corrected chi connectivity index (χ1v) is 26.3. The summed E-state index contributed by atoms with van der Waals surface area (Å²) in [5.41, 5.74) is 28.5. The summed E-state index contributed by atoms with van der Waals surface area (Å²) in [4.78, 5) is 0. The lowest BCUT2D eigenvalue weighted by Crippen LogP contribution is -2.60. The smallest absolute Gasteiger partial charge is 0.252 e. The molecule has 3 aliphatic heterocycles. The third kappa shape index (κ3) is 5.38. The van der Waals surface area contributed by atoms with Crippen LogP contribution in [-0.2, 0) is 37.9 Å². The topological polar surface area (TPSA) is 9.86 Å². The minimum atomic E-state index is -0.565. The lowest BCUT2D eigenvalue weighted by molar-refractivity contribution is 0.587. The summed E-state index contributed by atoms with van der Waals surface area (Å²) < 4.78 is 5.52. The molecule has 13 rings (SSSR count). The zero-order valence-corrected chi connectivity index (χ0v) is 45.3. The lowest BCUT2D eigenvalue weighted by atomic mass is 9.33. The van der Waals surface area contributed by atoms with Crippen LogP contribution in [-0.4, -0.2) is 15.8 Å². The summed E-state index contributed by atoms with van der Waals surface area (Å²) in [6, 6.07) is 43.0. The highest BCUT2D eigenvalue weighted by atomic mass is 15.1. The number of nitrogens with zero attached hydrogens (tertiary/aromatic N) is 2. The molecule has 4 aliphatic rings. The maximum atomic E-state index is 2.80. The minimum absolute atomic E-state index is 0.00480. The van der Waals surface area contributed by atoms with Crippen LogP contribution in [0.25, 0.3) is 66.1 Å². The van der Waals surface area contributed by atoms with Crippen LogP contribution in [0, 0.1) is 0 Å². The van der Waals surface area contributed by atoms with Gasteiger partial charge in [0.25, 0.3) is 6.71 Å². The second-order valence-corrected chi connectivity index (χ2v) is 28.3. The summed E-state index contributed by atoms with van der Waals surface area (Å²) in [6.07, 6.45) is 0. The van der Waals surface area contributed by atoms with E-state index in [0.29, 0.717) is 0 Å². The van der Waals surface area contributed by atoms with Gasteiger partial charge in [-0.05, 0) is 140 Å². The largest absolute Gasteiger partial charge is 0.310 e. The molecular formula is C67H71BN2. The van der Waals surface area contributed by atoms with Gasteiger partial charge in [-0.25, -0.2) is 0 Å². The monoisotopic (exact) mass is 915 g/mol. The Kier molecular flexibility index (Phi) is 8.20. The zero-order chi connectivity index (χ0) is 49.7. The highest BCUT2D eigenvalue weighted by molar-refractivity contribution is 7.00. The van der Waals surface area contributed by atoms with Crippen molar-refractivity contribution >= 4 is 66.7 Å². The molecular weight excluding hydrogens is 844 g/mol. The Bertz CT molecular complexity index is 3810. The van der Waals surface area contributed by atoms with E-state index in [0.717, 1.165) is 0 Å². The fourth-order valence-corrected chi connectivity index (χ4v) is 13.9. The Labute approximate surface area is 417 Å².